The Balaban J connectivity index is 2.42. The molecule has 1 heterocycles. The fraction of sp³-hybridized carbons (Fsp3) is 0.778. The maximum absolute atomic E-state index is 11.8. The molecule has 0 amide bonds. The fourth-order valence-electron chi connectivity index (χ4n) is 1.22. The zero-order valence-electron chi connectivity index (χ0n) is 9.79. The zero-order valence-corrected chi connectivity index (χ0v) is 9.79. The van der Waals surface area contributed by atoms with Crippen LogP contribution in [0.15, 0.2) is 0 Å². The predicted octanol–water partition coefficient (Wildman–Crippen LogP) is 0.218. The lowest BCUT2D eigenvalue weighted by molar-refractivity contribution is -0.141. The predicted molar refractivity (Wildman–Crippen MR) is 55.1 cm³/mol. The molecule has 7 nitrogen and oxygen atoms in total. The molecule has 1 atom stereocenters. The third kappa shape index (κ3) is 4.70. The summed E-state index contributed by atoms with van der Waals surface area (Å²) in [5.41, 5.74) is 0. The standard InChI is InChI=1S/C9H14F2N4O3/c1-6(9(16)17)4-15-8(12-13-14-15)2-3-18-5-7(10)11/h6-7H,2-5H2,1H3,(H,16,17). The lowest BCUT2D eigenvalue weighted by Crippen LogP contribution is -2.20. The summed E-state index contributed by atoms with van der Waals surface area (Å²) in [7, 11) is 0. The molecule has 0 saturated carbocycles. The van der Waals surface area contributed by atoms with Crippen molar-refractivity contribution >= 4 is 5.97 Å². The van der Waals surface area contributed by atoms with Gasteiger partial charge in [-0.25, -0.2) is 13.5 Å². The molecule has 0 aromatic carbocycles. The van der Waals surface area contributed by atoms with E-state index in [0.29, 0.717) is 5.82 Å². The first kappa shape index (κ1) is 14.4. The third-order valence-electron chi connectivity index (χ3n) is 2.19. The number of aromatic nitrogens is 4. The normalized spacial score (nSPS) is 12.9. The molecule has 0 aliphatic heterocycles. The van der Waals surface area contributed by atoms with Gasteiger partial charge in [-0.2, -0.15) is 0 Å². The maximum Gasteiger partial charge on any atom is 0.308 e. The van der Waals surface area contributed by atoms with Crippen molar-refractivity contribution in [3.05, 3.63) is 5.82 Å². The molecule has 0 spiro atoms. The van der Waals surface area contributed by atoms with Crippen LogP contribution in [0, 0.1) is 5.92 Å². The van der Waals surface area contributed by atoms with Crippen LogP contribution in [0.25, 0.3) is 0 Å². The Morgan fingerprint density at radius 1 is 1.56 bits per heavy atom. The van der Waals surface area contributed by atoms with E-state index in [1.165, 1.54) is 11.6 Å². The van der Waals surface area contributed by atoms with Crippen LogP contribution in [0.5, 0.6) is 0 Å². The summed E-state index contributed by atoms with van der Waals surface area (Å²) >= 11 is 0. The van der Waals surface area contributed by atoms with Crippen molar-refractivity contribution in [2.24, 2.45) is 5.92 Å². The average molecular weight is 264 g/mol. The molecule has 0 aliphatic rings. The van der Waals surface area contributed by atoms with Gasteiger partial charge in [-0.15, -0.1) is 5.10 Å². The van der Waals surface area contributed by atoms with Gasteiger partial charge in [-0.3, -0.25) is 4.79 Å². The second-order valence-electron chi connectivity index (χ2n) is 3.73. The molecule has 9 heteroatoms. The van der Waals surface area contributed by atoms with E-state index in [4.69, 9.17) is 9.84 Å². The van der Waals surface area contributed by atoms with Crippen LogP contribution in [0.4, 0.5) is 8.78 Å². The maximum atomic E-state index is 11.8. The van der Waals surface area contributed by atoms with Crippen LogP contribution in [0.1, 0.15) is 12.7 Å². The minimum atomic E-state index is -2.51. The summed E-state index contributed by atoms with van der Waals surface area (Å²) in [6.07, 6.45) is -2.25. The van der Waals surface area contributed by atoms with Gasteiger partial charge in [0.1, 0.15) is 6.61 Å². The molecule has 0 bridgehead atoms. The van der Waals surface area contributed by atoms with E-state index in [9.17, 15) is 13.6 Å². The van der Waals surface area contributed by atoms with Gasteiger partial charge in [0.2, 0.25) is 0 Å². The molecule has 1 N–H and O–H groups in total. The molecule has 1 unspecified atom stereocenters. The Bertz CT molecular complexity index is 386. The van der Waals surface area contributed by atoms with Gasteiger partial charge in [0.25, 0.3) is 6.43 Å². The van der Waals surface area contributed by atoms with Crippen LogP contribution in [0.3, 0.4) is 0 Å². The monoisotopic (exact) mass is 264 g/mol. The number of aliphatic carboxylic acids is 1. The summed E-state index contributed by atoms with van der Waals surface area (Å²) in [5.74, 6) is -1.17. The van der Waals surface area contributed by atoms with Crippen molar-refractivity contribution in [3.63, 3.8) is 0 Å². The molecule has 18 heavy (non-hydrogen) atoms. The van der Waals surface area contributed by atoms with Crippen molar-refractivity contribution in [3.8, 4) is 0 Å². The quantitative estimate of drug-likeness (QED) is 0.675. The number of tetrazole rings is 1. The number of ether oxygens (including phenoxy) is 1. The highest BCUT2D eigenvalue weighted by Gasteiger charge is 2.15. The molecular formula is C9H14F2N4O3. The highest BCUT2D eigenvalue weighted by molar-refractivity contribution is 5.69. The summed E-state index contributed by atoms with van der Waals surface area (Å²) in [6, 6.07) is 0. The van der Waals surface area contributed by atoms with Gasteiger partial charge in [-0.05, 0) is 10.4 Å². The number of halogens is 2. The molecular weight excluding hydrogens is 250 g/mol. The Morgan fingerprint density at radius 2 is 2.28 bits per heavy atom. The van der Waals surface area contributed by atoms with Gasteiger partial charge < -0.3 is 9.84 Å². The second-order valence-corrected chi connectivity index (χ2v) is 3.73. The molecule has 0 saturated heterocycles. The van der Waals surface area contributed by atoms with Crippen LogP contribution in [0.2, 0.25) is 0 Å². The zero-order chi connectivity index (χ0) is 13.5. The third-order valence-corrected chi connectivity index (χ3v) is 2.19. The topological polar surface area (TPSA) is 90.1 Å². The van der Waals surface area contributed by atoms with Gasteiger partial charge >= 0.3 is 5.97 Å². The fourth-order valence-corrected chi connectivity index (χ4v) is 1.22. The summed E-state index contributed by atoms with van der Waals surface area (Å²) in [5, 5.41) is 19.5. The number of hydrogen-bond acceptors (Lipinski definition) is 5. The largest absolute Gasteiger partial charge is 0.481 e. The highest BCUT2D eigenvalue weighted by atomic mass is 19.3. The van der Waals surface area contributed by atoms with Gasteiger partial charge in [0.15, 0.2) is 5.82 Å². The minimum Gasteiger partial charge on any atom is -0.481 e. The lowest BCUT2D eigenvalue weighted by atomic mass is 10.2. The smallest absolute Gasteiger partial charge is 0.308 e. The number of rotatable bonds is 8. The molecule has 1 aromatic heterocycles. The first-order valence-electron chi connectivity index (χ1n) is 5.34. The Kier molecular flexibility index (Phi) is 5.56. The molecule has 1 rings (SSSR count). The SMILES string of the molecule is CC(Cn1nnnc1CCOCC(F)F)C(=O)O. The first-order chi connectivity index (χ1) is 8.50. The molecule has 102 valence electrons. The average Bonchev–Trinajstić information content (AvgIpc) is 2.71. The van der Waals surface area contributed by atoms with E-state index in [1.807, 2.05) is 0 Å². The van der Waals surface area contributed by atoms with Gasteiger partial charge in [0.05, 0.1) is 19.1 Å². The summed E-state index contributed by atoms with van der Waals surface area (Å²) < 4.78 is 29.6. The van der Waals surface area contributed by atoms with E-state index < -0.39 is 24.9 Å². The van der Waals surface area contributed by atoms with Crippen molar-refractivity contribution in [1.82, 2.24) is 20.2 Å². The molecule has 1 aromatic rings. The molecule has 0 radical (unpaired) electrons. The van der Waals surface area contributed by atoms with E-state index in [0.717, 1.165) is 0 Å². The van der Waals surface area contributed by atoms with Crippen LogP contribution >= 0.6 is 0 Å². The van der Waals surface area contributed by atoms with Crippen molar-refractivity contribution < 1.29 is 23.4 Å². The highest BCUT2D eigenvalue weighted by Crippen LogP contribution is 2.03. The number of hydrogen-bond donors (Lipinski definition) is 1. The minimum absolute atomic E-state index is 0.0617. The number of carboxylic acids is 1. The van der Waals surface area contributed by atoms with E-state index >= 15 is 0 Å². The Morgan fingerprint density at radius 3 is 2.89 bits per heavy atom. The number of carbonyl (C=O) groups is 1. The van der Waals surface area contributed by atoms with Crippen molar-refractivity contribution in [2.45, 2.75) is 26.3 Å². The summed E-state index contributed by atoms with van der Waals surface area (Å²) in [6.45, 7) is 1.09. The Labute approximate surface area is 102 Å². The van der Waals surface area contributed by atoms with E-state index in [2.05, 4.69) is 15.5 Å². The van der Waals surface area contributed by atoms with Crippen LogP contribution < -0.4 is 0 Å². The van der Waals surface area contributed by atoms with Crippen LogP contribution in [-0.4, -0.2) is 50.9 Å². The van der Waals surface area contributed by atoms with Crippen LogP contribution in [-0.2, 0) is 22.5 Å². The van der Waals surface area contributed by atoms with Gasteiger partial charge in [-0.1, -0.05) is 6.92 Å². The Hall–Kier alpha value is -1.64. The van der Waals surface area contributed by atoms with E-state index in [1.54, 1.807) is 0 Å². The molecule has 0 fully saturated rings. The first-order valence-corrected chi connectivity index (χ1v) is 5.34. The van der Waals surface area contributed by atoms with E-state index in [-0.39, 0.29) is 19.6 Å². The number of carboxylic acid groups (broad SMARTS) is 1. The molecule has 0 aliphatic carbocycles. The van der Waals surface area contributed by atoms with Crippen molar-refractivity contribution in [2.75, 3.05) is 13.2 Å². The van der Waals surface area contributed by atoms with Gasteiger partial charge in [0, 0.05) is 6.42 Å². The lowest BCUT2D eigenvalue weighted by Gasteiger charge is -2.08. The number of nitrogens with zero attached hydrogens (tertiary/aromatic N) is 4. The van der Waals surface area contributed by atoms with Crippen molar-refractivity contribution in [1.29, 1.82) is 0 Å². The number of alkyl halides is 2. The summed E-state index contributed by atoms with van der Waals surface area (Å²) in [4.78, 5) is 10.7. The second kappa shape index (κ2) is 6.94.